The minimum atomic E-state index is -1.46. The van der Waals surface area contributed by atoms with E-state index in [-0.39, 0.29) is 81.7 Å². The predicted octanol–water partition coefficient (Wildman–Crippen LogP) is 11.1. The largest absolute Gasteiger partial charge is 0.465 e. The van der Waals surface area contributed by atoms with E-state index in [4.69, 9.17) is 33.2 Å². The highest BCUT2D eigenvalue weighted by atomic mass is 16.6. The van der Waals surface area contributed by atoms with Crippen molar-refractivity contribution in [3.05, 3.63) is 24.3 Å². The topological polar surface area (TPSA) is 199 Å². The highest BCUT2D eigenvalue weighted by Gasteiger charge is 3.04. The van der Waals surface area contributed by atoms with Gasteiger partial charge in [0.1, 0.15) is 37.9 Å². The van der Waals surface area contributed by atoms with Crippen LogP contribution in [0.4, 0.5) is 4.79 Å². The summed E-state index contributed by atoms with van der Waals surface area (Å²) in [5.41, 5.74) is -1.41. The summed E-state index contributed by atoms with van der Waals surface area (Å²) in [7, 11) is 0. The molecule has 1 amide bonds. The van der Waals surface area contributed by atoms with E-state index in [1.165, 1.54) is 25.7 Å². The lowest BCUT2D eigenvalue weighted by Crippen LogP contribution is -3.05. The Morgan fingerprint density at radius 1 is 0.500 bits per heavy atom. The average Bonchev–Trinajstić information content (AvgIpc) is 0.590. The van der Waals surface area contributed by atoms with Gasteiger partial charge in [-0.25, -0.2) is 4.79 Å². The van der Waals surface area contributed by atoms with Crippen molar-refractivity contribution in [1.29, 1.82) is 0 Å². The van der Waals surface area contributed by atoms with Crippen LogP contribution < -0.4 is 5.32 Å². The molecule has 0 aromatic carbocycles. The SMILES string of the molecule is CCCCC/C=C\CCOC(=O)CCCCC(=O)OCC(COC(=O)CCCCC(=O)OCC/C=C\CCCCC)(COC(=O)CCC(CCCCCC)OC(=O)NCCN1CCCC1)COC(=O)CC12C3C4C5C3C1C5C42. The number of unbranched alkanes of at least 4 members (excludes halogenated alkanes) is 11. The van der Waals surface area contributed by atoms with Crippen LogP contribution in [0.15, 0.2) is 24.3 Å². The van der Waals surface area contributed by atoms with Gasteiger partial charge in [0, 0.05) is 45.2 Å². The zero-order valence-electron chi connectivity index (χ0n) is 48.0. The number of hydrogen-bond donors (Lipinski definition) is 1. The second kappa shape index (κ2) is 33.3. The lowest BCUT2D eigenvalue weighted by atomic mass is 8.96. The molecule has 78 heavy (non-hydrogen) atoms. The zero-order chi connectivity index (χ0) is 55.6. The Balaban J connectivity index is 1.03. The molecular formula is C62H98N2O14. The molecule has 1 aliphatic heterocycles. The first kappa shape index (κ1) is 62.7. The number of carbonyl (C=O) groups excluding carboxylic acids is 7. The van der Waals surface area contributed by atoms with E-state index in [9.17, 15) is 33.6 Å². The highest BCUT2D eigenvalue weighted by molar-refractivity contribution is 5.74. The average molecular weight is 1100 g/mol. The third-order valence-electron chi connectivity index (χ3n) is 17.9. The number of ether oxygens (including phenoxy) is 7. The number of hydrogen-bond acceptors (Lipinski definition) is 15. The number of likely N-dealkylation sites (tertiary alicyclic amines) is 1. The third kappa shape index (κ3) is 18.0. The number of rotatable bonds is 46. The standard InChI is InChI=1S/C62H98N2O14/c1-4-7-10-13-15-17-26-39-72-47(65)29-20-22-31-49(67)74-42-61(45-77-52(70)41-62-57-54-53-55(57)59(62)56(53)58(54)62,43-75-50(68)32-23-21-30-48(66)73-40-27-18-16-14-11-8-5-2)44-76-51(69)34-33-46(28-19-12-9-6-3)78-60(71)63-35-38-64-36-24-25-37-64/h15-18,46,53-59H,4-14,19-45H2,1-3H3,(H,63,71)/b17-15-,18-16-. The highest BCUT2D eigenvalue weighted by Crippen LogP contribution is 3.06. The fourth-order valence-corrected chi connectivity index (χ4v) is 13.8. The van der Waals surface area contributed by atoms with E-state index < -0.39 is 42.1 Å². The van der Waals surface area contributed by atoms with E-state index in [1.54, 1.807) is 0 Å². The van der Waals surface area contributed by atoms with Crippen LogP contribution in [0.2, 0.25) is 0 Å². The number of carbonyl (C=O) groups is 7. The fourth-order valence-electron chi connectivity index (χ4n) is 13.8. The van der Waals surface area contributed by atoms with Crippen molar-refractivity contribution in [3.8, 4) is 0 Å². The van der Waals surface area contributed by atoms with Crippen LogP contribution in [0.3, 0.4) is 0 Å². The summed E-state index contributed by atoms with van der Waals surface area (Å²) in [6.45, 7) is 8.80. The first-order valence-corrected chi connectivity index (χ1v) is 30.9. The summed E-state index contributed by atoms with van der Waals surface area (Å²) in [6, 6.07) is 0. The van der Waals surface area contributed by atoms with Crippen molar-refractivity contribution in [2.45, 2.75) is 207 Å². The number of nitrogens with zero attached hydrogens (tertiary/aromatic N) is 1. The number of alkyl carbamates (subject to hydrolysis) is 1. The summed E-state index contributed by atoms with van der Waals surface area (Å²) in [6.07, 6.45) is 26.6. The molecule has 16 nitrogen and oxygen atoms in total. The van der Waals surface area contributed by atoms with Crippen molar-refractivity contribution in [2.75, 3.05) is 65.8 Å². The van der Waals surface area contributed by atoms with E-state index in [2.05, 4.69) is 43.1 Å². The molecule has 0 spiro atoms. The Bertz CT molecular complexity index is 1850. The number of amides is 1. The Morgan fingerprint density at radius 3 is 1.42 bits per heavy atom. The van der Waals surface area contributed by atoms with Gasteiger partial charge in [-0.05, 0) is 156 Å². The molecule has 1 unspecified atom stereocenters. The first-order chi connectivity index (χ1) is 38.0. The summed E-state index contributed by atoms with van der Waals surface area (Å²) < 4.78 is 40.3. The number of esters is 6. The molecule has 0 aromatic heterocycles. The minimum absolute atomic E-state index is 0.00986. The quantitative estimate of drug-likeness (QED) is 0.0261. The van der Waals surface area contributed by atoms with Crippen LogP contribution in [-0.2, 0) is 61.9 Å². The Morgan fingerprint density at radius 2 is 0.936 bits per heavy atom. The van der Waals surface area contributed by atoms with Gasteiger partial charge in [-0.1, -0.05) is 90.0 Å². The lowest BCUT2D eigenvalue weighted by molar-refractivity contribution is -0.613. The third-order valence-corrected chi connectivity index (χ3v) is 17.9. The molecule has 1 atom stereocenters. The molecule has 1 N–H and O–H groups in total. The maximum Gasteiger partial charge on any atom is 0.407 e. The monoisotopic (exact) mass is 1090 g/mol. The number of nitrogens with one attached hydrogen (secondary N) is 1. The first-order valence-electron chi connectivity index (χ1n) is 30.9. The molecule has 1 heterocycles. The van der Waals surface area contributed by atoms with Crippen LogP contribution >= 0.6 is 0 Å². The van der Waals surface area contributed by atoms with Gasteiger partial charge in [-0.2, -0.15) is 0 Å². The van der Waals surface area contributed by atoms with Crippen LogP contribution in [-0.4, -0.2) is 119 Å². The smallest absolute Gasteiger partial charge is 0.407 e. The van der Waals surface area contributed by atoms with Gasteiger partial charge >= 0.3 is 41.9 Å². The maximum absolute atomic E-state index is 13.8. The molecule has 0 aromatic rings. The molecule has 7 rings (SSSR count). The van der Waals surface area contributed by atoms with Crippen LogP contribution in [0, 0.1) is 52.3 Å². The normalized spacial score (nSPS) is 24.2. The van der Waals surface area contributed by atoms with Crippen LogP contribution in [0.1, 0.15) is 201 Å². The van der Waals surface area contributed by atoms with Gasteiger partial charge in [0.15, 0.2) is 0 Å². The van der Waals surface area contributed by atoms with Crippen molar-refractivity contribution in [1.82, 2.24) is 10.2 Å². The van der Waals surface area contributed by atoms with Crippen molar-refractivity contribution in [3.63, 3.8) is 0 Å². The second-order valence-corrected chi connectivity index (χ2v) is 23.6. The van der Waals surface area contributed by atoms with E-state index in [1.807, 2.05) is 12.2 Å². The molecule has 7 fully saturated rings. The summed E-state index contributed by atoms with van der Waals surface area (Å²) in [5.74, 6) is 2.30. The Hall–Kier alpha value is -4.47. The Kier molecular flexibility index (Phi) is 26.8. The Labute approximate surface area is 466 Å². The van der Waals surface area contributed by atoms with Gasteiger partial charge in [-0.15, -0.1) is 0 Å². The van der Waals surface area contributed by atoms with Crippen molar-refractivity contribution >= 4 is 41.9 Å². The van der Waals surface area contributed by atoms with Crippen molar-refractivity contribution < 1.29 is 66.7 Å². The predicted molar refractivity (Wildman–Crippen MR) is 294 cm³/mol. The molecule has 6 aliphatic carbocycles. The van der Waals surface area contributed by atoms with Gasteiger partial charge < -0.3 is 43.4 Å². The van der Waals surface area contributed by atoms with Crippen LogP contribution in [0.5, 0.6) is 0 Å². The molecule has 440 valence electrons. The summed E-state index contributed by atoms with van der Waals surface area (Å²) >= 11 is 0. The van der Waals surface area contributed by atoms with Crippen molar-refractivity contribution in [2.24, 2.45) is 52.3 Å². The molecule has 0 bridgehead atoms. The maximum atomic E-state index is 13.8. The van der Waals surface area contributed by atoms with Gasteiger partial charge in [0.25, 0.3) is 0 Å². The van der Waals surface area contributed by atoms with E-state index in [0.29, 0.717) is 88.9 Å². The molecular weight excluding hydrogens is 997 g/mol. The second-order valence-electron chi connectivity index (χ2n) is 23.6. The number of allylic oxidation sites excluding steroid dienone is 2. The minimum Gasteiger partial charge on any atom is -0.465 e. The van der Waals surface area contributed by atoms with Gasteiger partial charge in [-0.3, -0.25) is 28.8 Å². The van der Waals surface area contributed by atoms with E-state index >= 15 is 0 Å². The molecule has 16 heteroatoms. The van der Waals surface area contributed by atoms with Gasteiger partial charge in [0.2, 0.25) is 0 Å². The molecule has 6 saturated carbocycles. The van der Waals surface area contributed by atoms with E-state index in [0.717, 1.165) is 108 Å². The molecule has 0 radical (unpaired) electrons. The zero-order valence-corrected chi connectivity index (χ0v) is 48.0. The fraction of sp³-hybridized carbons (Fsp3) is 0.823. The summed E-state index contributed by atoms with van der Waals surface area (Å²) in [4.78, 5) is 94.3. The van der Waals surface area contributed by atoms with Gasteiger partial charge in [0.05, 0.1) is 19.6 Å². The summed E-state index contributed by atoms with van der Waals surface area (Å²) in [5, 5.41) is 2.87. The van der Waals surface area contributed by atoms with Crippen LogP contribution in [0.25, 0.3) is 0 Å². The molecule has 1 saturated heterocycles. The molecule has 7 aliphatic rings. The lowest BCUT2D eigenvalue weighted by Gasteiger charge is -3.07.